The summed E-state index contributed by atoms with van der Waals surface area (Å²) in [5, 5.41) is 8.67. The van der Waals surface area contributed by atoms with E-state index in [0.29, 0.717) is 5.92 Å². The first kappa shape index (κ1) is 15.0. The van der Waals surface area contributed by atoms with Crippen LogP contribution in [0.2, 0.25) is 0 Å². The number of halogens is 1. The maximum Gasteiger partial charge on any atom is 0.335 e. The molecule has 0 radical (unpaired) electrons. The van der Waals surface area contributed by atoms with E-state index in [-0.39, 0.29) is 5.56 Å². The highest BCUT2D eigenvalue weighted by molar-refractivity contribution is 5.87. The van der Waals surface area contributed by atoms with Gasteiger partial charge < -0.3 is 5.11 Å². The van der Waals surface area contributed by atoms with Gasteiger partial charge >= 0.3 is 5.97 Å². The van der Waals surface area contributed by atoms with E-state index in [9.17, 15) is 9.18 Å². The van der Waals surface area contributed by atoms with Gasteiger partial charge in [-0.25, -0.2) is 9.18 Å². The van der Waals surface area contributed by atoms with Crippen molar-refractivity contribution in [3.63, 3.8) is 0 Å². The van der Waals surface area contributed by atoms with Gasteiger partial charge in [-0.15, -0.1) is 0 Å². The van der Waals surface area contributed by atoms with Crippen LogP contribution in [-0.4, -0.2) is 11.1 Å². The van der Waals surface area contributed by atoms with Crippen molar-refractivity contribution < 1.29 is 14.3 Å². The molecule has 3 heteroatoms. The van der Waals surface area contributed by atoms with Crippen molar-refractivity contribution in [2.45, 2.75) is 57.8 Å². The predicted molar refractivity (Wildman–Crippen MR) is 77.6 cm³/mol. The lowest BCUT2D eigenvalue weighted by Gasteiger charge is -2.15. The molecule has 0 bridgehead atoms. The number of hydrogen-bond acceptors (Lipinski definition) is 1. The van der Waals surface area contributed by atoms with Crippen molar-refractivity contribution >= 4 is 5.97 Å². The van der Waals surface area contributed by atoms with Crippen LogP contribution in [0.15, 0.2) is 18.2 Å². The Labute approximate surface area is 120 Å². The molecule has 0 spiro atoms. The van der Waals surface area contributed by atoms with Crippen LogP contribution in [0.4, 0.5) is 4.39 Å². The van der Waals surface area contributed by atoms with E-state index in [4.69, 9.17) is 5.11 Å². The molecule has 1 aromatic rings. The molecule has 0 unspecified atom stereocenters. The summed E-state index contributed by atoms with van der Waals surface area (Å²) in [6, 6.07) is 4.03. The minimum absolute atomic E-state index is 0.0434. The van der Waals surface area contributed by atoms with Crippen LogP contribution in [0.5, 0.6) is 0 Å². The van der Waals surface area contributed by atoms with Gasteiger partial charge in [-0.3, -0.25) is 0 Å². The van der Waals surface area contributed by atoms with Crippen molar-refractivity contribution in [1.82, 2.24) is 0 Å². The van der Waals surface area contributed by atoms with Crippen LogP contribution in [0, 0.1) is 11.7 Å². The zero-order valence-corrected chi connectivity index (χ0v) is 12.1. The van der Waals surface area contributed by atoms with E-state index in [1.54, 1.807) is 6.07 Å². The summed E-state index contributed by atoms with van der Waals surface area (Å²) < 4.78 is 12.9. The molecule has 0 atom stereocenters. The Bertz CT molecular complexity index is 460. The normalized spacial score (nSPS) is 19.1. The number of benzene rings is 1. The standard InChI is InChI=1S/C10H9FO2.C7H14/c11-9-4-7(6-1-2-6)3-8(5-9)10(12)13;1-7-5-3-2-4-6-7/h3-6H,1-2H2,(H,12,13);7H,2-6H2,1H3. The van der Waals surface area contributed by atoms with Crippen molar-refractivity contribution in [2.24, 2.45) is 5.92 Å². The molecular formula is C17H23FO2. The largest absolute Gasteiger partial charge is 0.478 e. The first-order chi connectivity index (χ1) is 9.56. The molecule has 2 saturated carbocycles. The van der Waals surface area contributed by atoms with E-state index in [1.807, 2.05) is 0 Å². The van der Waals surface area contributed by atoms with Crippen molar-refractivity contribution in [3.05, 3.63) is 35.1 Å². The number of rotatable bonds is 2. The highest BCUT2D eigenvalue weighted by Crippen LogP contribution is 2.40. The van der Waals surface area contributed by atoms with E-state index >= 15 is 0 Å². The smallest absolute Gasteiger partial charge is 0.335 e. The van der Waals surface area contributed by atoms with Crippen molar-refractivity contribution in [2.75, 3.05) is 0 Å². The third-order valence-corrected chi connectivity index (χ3v) is 4.11. The predicted octanol–water partition coefficient (Wildman–Crippen LogP) is 4.99. The van der Waals surface area contributed by atoms with Gasteiger partial charge in [-0.2, -0.15) is 0 Å². The second-order valence-corrected chi connectivity index (χ2v) is 6.10. The Hall–Kier alpha value is -1.38. The molecule has 3 rings (SSSR count). The number of carboxylic acids is 1. The summed E-state index contributed by atoms with van der Waals surface area (Å²) in [4.78, 5) is 10.6. The quantitative estimate of drug-likeness (QED) is 0.827. The van der Waals surface area contributed by atoms with Gasteiger partial charge in [-0.1, -0.05) is 39.0 Å². The van der Waals surface area contributed by atoms with Gasteiger partial charge in [0.15, 0.2) is 0 Å². The van der Waals surface area contributed by atoms with Gasteiger partial charge in [-0.05, 0) is 48.4 Å². The second kappa shape index (κ2) is 6.87. The highest BCUT2D eigenvalue weighted by Gasteiger charge is 2.24. The molecule has 0 amide bonds. The van der Waals surface area contributed by atoms with Gasteiger partial charge in [0, 0.05) is 0 Å². The topological polar surface area (TPSA) is 37.3 Å². The van der Waals surface area contributed by atoms with E-state index in [0.717, 1.165) is 30.4 Å². The second-order valence-electron chi connectivity index (χ2n) is 6.10. The molecule has 110 valence electrons. The summed E-state index contributed by atoms with van der Waals surface area (Å²) in [7, 11) is 0. The van der Waals surface area contributed by atoms with Crippen LogP contribution in [0.25, 0.3) is 0 Å². The summed E-state index contributed by atoms with van der Waals surface area (Å²) in [6.07, 6.45) is 9.53. The Morgan fingerprint density at radius 2 is 1.75 bits per heavy atom. The summed E-state index contributed by atoms with van der Waals surface area (Å²) >= 11 is 0. The maximum atomic E-state index is 12.9. The molecule has 2 aliphatic rings. The Kier molecular flexibility index (Phi) is 5.16. The molecule has 0 aliphatic heterocycles. The fraction of sp³-hybridized carbons (Fsp3) is 0.588. The fourth-order valence-electron chi connectivity index (χ4n) is 2.69. The third kappa shape index (κ3) is 4.62. The lowest BCUT2D eigenvalue weighted by molar-refractivity contribution is 0.0696. The lowest BCUT2D eigenvalue weighted by atomic mass is 9.91. The van der Waals surface area contributed by atoms with Gasteiger partial charge in [0.25, 0.3) is 0 Å². The molecular weight excluding hydrogens is 255 g/mol. The minimum atomic E-state index is -1.07. The van der Waals surface area contributed by atoms with Gasteiger partial charge in [0.2, 0.25) is 0 Å². The molecule has 0 heterocycles. The maximum absolute atomic E-state index is 12.9. The summed E-state index contributed by atoms with van der Waals surface area (Å²) in [5.74, 6) is -0.106. The minimum Gasteiger partial charge on any atom is -0.478 e. The first-order valence-corrected chi connectivity index (χ1v) is 7.60. The number of carboxylic acid groups (broad SMARTS) is 1. The lowest BCUT2D eigenvalue weighted by Crippen LogP contribution is -1.99. The summed E-state index contributed by atoms with van der Waals surface area (Å²) in [6.45, 7) is 2.36. The number of hydrogen-bond donors (Lipinski definition) is 1. The van der Waals surface area contributed by atoms with E-state index in [2.05, 4.69) is 6.92 Å². The van der Waals surface area contributed by atoms with Crippen LogP contribution >= 0.6 is 0 Å². The van der Waals surface area contributed by atoms with Crippen LogP contribution in [0.3, 0.4) is 0 Å². The van der Waals surface area contributed by atoms with Crippen LogP contribution in [0.1, 0.15) is 73.7 Å². The molecule has 0 saturated heterocycles. The number of carbonyl (C=O) groups is 1. The van der Waals surface area contributed by atoms with E-state index in [1.165, 1.54) is 38.2 Å². The third-order valence-electron chi connectivity index (χ3n) is 4.11. The van der Waals surface area contributed by atoms with Gasteiger partial charge in [0.1, 0.15) is 5.82 Å². The molecule has 2 fully saturated rings. The molecule has 0 aromatic heterocycles. The highest BCUT2D eigenvalue weighted by atomic mass is 19.1. The van der Waals surface area contributed by atoms with E-state index < -0.39 is 11.8 Å². The van der Waals surface area contributed by atoms with Crippen LogP contribution < -0.4 is 0 Å². The summed E-state index contributed by atoms with van der Waals surface area (Å²) in [5.41, 5.74) is 0.860. The molecule has 2 nitrogen and oxygen atoms in total. The molecule has 1 N–H and O–H groups in total. The zero-order chi connectivity index (χ0) is 14.5. The van der Waals surface area contributed by atoms with Gasteiger partial charge in [0.05, 0.1) is 5.56 Å². The average molecular weight is 278 g/mol. The Balaban J connectivity index is 0.000000178. The molecule has 2 aliphatic carbocycles. The molecule has 1 aromatic carbocycles. The molecule has 20 heavy (non-hydrogen) atoms. The Morgan fingerprint density at radius 3 is 2.20 bits per heavy atom. The fourth-order valence-corrected chi connectivity index (χ4v) is 2.69. The van der Waals surface area contributed by atoms with Crippen molar-refractivity contribution in [3.8, 4) is 0 Å². The van der Waals surface area contributed by atoms with Crippen LogP contribution in [-0.2, 0) is 0 Å². The zero-order valence-electron chi connectivity index (χ0n) is 12.1. The average Bonchev–Trinajstić information content (AvgIpc) is 3.24. The van der Waals surface area contributed by atoms with Crippen molar-refractivity contribution in [1.29, 1.82) is 0 Å². The first-order valence-electron chi connectivity index (χ1n) is 7.60. The monoisotopic (exact) mass is 278 g/mol. The Morgan fingerprint density at radius 1 is 1.10 bits per heavy atom. The number of aromatic carboxylic acids is 1. The SMILES string of the molecule is CC1CCCCC1.O=C(O)c1cc(F)cc(C2CC2)c1.